The molecule has 1 aromatic heterocycles. The van der Waals surface area contributed by atoms with Gasteiger partial charge in [-0.1, -0.05) is 0 Å². The Balaban J connectivity index is 3.34. The van der Waals surface area contributed by atoms with Crippen molar-refractivity contribution in [1.82, 2.24) is 9.55 Å². The van der Waals surface area contributed by atoms with Crippen LogP contribution in [0.1, 0.15) is 18.7 Å². The van der Waals surface area contributed by atoms with E-state index in [2.05, 4.69) is 4.98 Å². The molecule has 0 amide bonds. The number of H-pyrrole nitrogens is 1. The van der Waals surface area contributed by atoms with Crippen LogP contribution in [0.25, 0.3) is 0 Å². The van der Waals surface area contributed by atoms with Crippen molar-refractivity contribution in [3.63, 3.8) is 0 Å². The first-order chi connectivity index (χ1) is 7.36. The first kappa shape index (κ1) is 12.2. The molecule has 0 aromatic carbocycles. The first-order valence-corrected chi connectivity index (χ1v) is 4.65. The molecule has 0 spiro atoms. The summed E-state index contributed by atoms with van der Waals surface area (Å²) in [6.45, 7) is 2.84. The van der Waals surface area contributed by atoms with Gasteiger partial charge in [0.05, 0.1) is 5.92 Å². The number of carboxylic acid groups (broad SMARTS) is 1. The number of aromatic nitrogens is 2. The van der Waals surface area contributed by atoms with Crippen molar-refractivity contribution < 1.29 is 9.90 Å². The highest BCUT2D eigenvalue weighted by atomic mass is 16.4. The number of aryl methyl sites for hydroxylation is 1. The van der Waals surface area contributed by atoms with E-state index in [1.165, 1.54) is 20.0 Å². The molecule has 7 heteroatoms. The molecule has 1 rings (SSSR count). The highest BCUT2D eigenvalue weighted by molar-refractivity contribution is 5.70. The molecule has 4 N–H and O–H groups in total. The average molecular weight is 227 g/mol. The minimum absolute atomic E-state index is 0.299. The second-order valence-corrected chi connectivity index (χ2v) is 3.57. The van der Waals surface area contributed by atoms with Crippen LogP contribution in [0.5, 0.6) is 0 Å². The van der Waals surface area contributed by atoms with Crippen molar-refractivity contribution in [2.24, 2.45) is 11.7 Å². The predicted octanol–water partition coefficient (Wildman–Crippen LogP) is -0.977. The predicted molar refractivity (Wildman–Crippen MR) is 56.1 cm³/mol. The van der Waals surface area contributed by atoms with Gasteiger partial charge in [-0.15, -0.1) is 0 Å². The van der Waals surface area contributed by atoms with Gasteiger partial charge in [0.2, 0.25) is 0 Å². The minimum Gasteiger partial charge on any atom is -0.481 e. The van der Waals surface area contributed by atoms with Crippen LogP contribution in [0.4, 0.5) is 0 Å². The third-order valence-corrected chi connectivity index (χ3v) is 2.39. The number of hydrogen-bond donors (Lipinski definition) is 3. The second-order valence-electron chi connectivity index (χ2n) is 3.57. The zero-order chi connectivity index (χ0) is 12.5. The van der Waals surface area contributed by atoms with Crippen LogP contribution in [0.3, 0.4) is 0 Å². The van der Waals surface area contributed by atoms with Crippen LogP contribution in [0.15, 0.2) is 15.8 Å². The van der Waals surface area contributed by atoms with Crippen molar-refractivity contribution in [2.45, 2.75) is 20.0 Å². The summed E-state index contributed by atoms with van der Waals surface area (Å²) in [7, 11) is 0. The zero-order valence-corrected chi connectivity index (χ0v) is 8.93. The van der Waals surface area contributed by atoms with Crippen molar-refractivity contribution in [3.8, 4) is 0 Å². The molecule has 7 nitrogen and oxygen atoms in total. The standard InChI is InChI=1S/C9H13N3O4/c1-4-3-11-9(16)12(7(4)13)6(10)5(2)8(14)15/h3,5-6H,10H2,1-2H3,(H,11,16)(H,14,15). The topological polar surface area (TPSA) is 118 Å². The van der Waals surface area contributed by atoms with Crippen molar-refractivity contribution in [1.29, 1.82) is 0 Å². The van der Waals surface area contributed by atoms with E-state index in [1.807, 2.05) is 0 Å². The molecule has 0 fully saturated rings. The normalized spacial score (nSPS) is 14.4. The number of rotatable bonds is 3. The molecule has 0 aliphatic rings. The molecule has 0 aliphatic heterocycles. The first-order valence-electron chi connectivity index (χ1n) is 4.65. The molecule has 0 radical (unpaired) electrons. The Kier molecular flexibility index (Phi) is 3.28. The number of nitrogens with zero attached hydrogens (tertiary/aromatic N) is 1. The fourth-order valence-corrected chi connectivity index (χ4v) is 1.22. The number of aromatic amines is 1. The lowest BCUT2D eigenvalue weighted by Gasteiger charge is -2.17. The van der Waals surface area contributed by atoms with Crippen molar-refractivity contribution >= 4 is 5.97 Å². The number of carboxylic acids is 1. The monoisotopic (exact) mass is 227 g/mol. The lowest BCUT2D eigenvalue weighted by Crippen LogP contribution is -2.45. The van der Waals surface area contributed by atoms with Gasteiger partial charge in [-0.2, -0.15) is 0 Å². The Morgan fingerprint density at radius 2 is 2.12 bits per heavy atom. The van der Waals surface area contributed by atoms with Crippen LogP contribution < -0.4 is 17.0 Å². The SMILES string of the molecule is Cc1c[nH]c(=O)n(C(N)C(C)C(=O)O)c1=O. The summed E-state index contributed by atoms with van der Waals surface area (Å²) in [5.41, 5.74) is 4.58. The summed E-state index contributed by atoms with van der Waals surface area (Å²) in [5, 5.41) is 8.76. The van der Waals surface area contributed by atoms with Gasteiger partial charge < -0.3 is 15.8 Å². The molecule has 0 saturated carbocycles. The fraction of sp³-hybridized carbons (Fsp3) is 0.444. The third kappa shape index (κ3) is 2.03. The fourth-order valence-electron chi connectivity index (χ4n) is 1.22. The summed E-state index contributed by atoms with van der Waals surface area (Å²) >= 11 is 0. The van der Waals surface area contributed by atoms with Gasteiger partial charge in [-0.25, -0.2) is 9.36 Å². The van der Waals surface area contributed by atoms with E-state index >= 15 is 0 Å². The highest BCUT2D eigenvalue weighted by Crippen LogP contribution is 2.07. The van der Waals surface area contributed by atoms with Crippen molar-refractivity contribution in [2.75, 3.05) is 0 Å². The van der Waals surface area contributed by atoms with Gasteiger partial charge in [0.25, 0.3) is 5.56 Å². The molecule has 0 aliphatic carbocycles. The molecule has 2 unspecified atom stereocenters. The van der Waals surface area contributed by atoms with Gasteiger partial charge >= 0.3 is 11.7 Å². The largest absolute Gasteiger partial charge is 0.481 e. The zero-order valence-electron chi connectivity index (χ0n) is 8.93. The van der Waals surface area contributed by atoms with Gasteiger partial charge in [0.1, 0.15) is 6.17 Å². The summed E-state index contributed by atoms with van der Waals surface area (Å²) in [5.74, 6) is -2.19. The highest BCUT2D eigenvalue weighted by Gasteiger charge is 2.24. The van der Waals surface area contributed by atoms with Crippen LogP contribution >= 0.6 is 0 Å². The van der Waals surface area contributed by atoms with Gasteiger partial charge in [-0.05, 0) is 13.8 Å². The second kappa shape index (κ2) is 4.31. The molecule has 1 heterocycles. The Hall–Kier alpha value is -1.89. The van der Waals surface area contributed by atoms with E-state index in [0.717, 1.165) is 0 Å². The van der Waals surface area contributed by atoms with E-state index in [9.17, 15) is 14.4 Å². The maximum Gasteiger partial charge on any atom is 0.329 e. The van der Waals surface area contributed by atoms with Crippen LogP contribution in [-0.4, -0.2) is 20.6 Å². The maximum atomic E-state index is 11.6. The van der Waals surface area contributed by atoms with Crippen LogP contribution in [0.2, 0.25) is 0 Å². The smallest absolute Gasteiger partial charge is 0.329 e. The Bertz CT molecular complexity index is 516. The summed E-state index contributed by atoms with van der Waals surface area (Å²) in [6.07, 6.45) is 0.0768. The Labute approximate surface area is 90.5 Å². The molecule has 16 heavy (non-hydrogen) atoms. The van der Waals surface area contributed by atoms with Crippen LogP contribution in [-0.2, 0) is 4.79 Å². The summed E-state index contributed by atoms with van der Waals surface area (Å²) in [4.78, 5) is 36.1. The molecular weight excluding hydrogens is 214 g/mol. The number of aliphatic carboxylic acids is 1. The van der Waals surface area contributed by atoms with E-state index in [-0.39, 0.29) is 0 Å². The summed E-state index contributed by atoms with van der Waals surface area (Å²) < 4.78 is 0.716. The van der Waals surface area contributed by atoms with E-state index in [1.54, 1.807) is 0 Å². The van der Waals surface area contributed by atoms with E-state index in [0.29, 0.717) is 10.1 Å². The lowest BCUT2D eigenvalue weighted by molar-refractivity contribution is -0.142. The van der Waals surface area contributed by atoms with Crippen LogP contribution in [0, 0.1) is 12.8 Å². The quantitative estimate of drug-likeness (QED) is 0.613. The maximum absolute atomic E-state index is 11.6. The van der Waals surface area contributed by atoms with E-state index < -0.39 is 29.3 Å². The molecule has 0 saturated heterocycles. The molecule has 88 valence electrons. The number of nitrogens with two attached hydrogens (primary N) is 1. The van der Waals surface area contributed by atoms with Crippen molar-refractivity contribution in [3.05, 3.63) is 32.6 Å². The van der Waals surface area contributed by atoms with Gasteiger partial charge in [-0.3, -0.25) is 9.59 Å². The van der Waals surface area contributed by atoms with Gasteiger partial charge in [0, 0.05) is 11.8 Å². The third-order valence-electron chi connectivity index (χ3n) is 2.39. The number of hydrogen-bond acceptors (Lipinski definition) is 4. The van der Waals surface area contributed by atoms with E-state index in [4.69, 9.17) is 10.8 Å². The Morgan fingerprint density at radius 3 is 2.62 bits per heavy atom. The Morgan fingerprint density at radius 1 is 1.56 bits per heavy atom. The molecule has 0 bridgehead atoms. The molecular formula is C9H13N3O4. The molecule has 2 atom stereocenters. The lowest BCUT2D eigenvalue weighted by atomic mass is 10.1. The minimum atomic E-state index is -1.19. The molecule has 1 aromatic rings. The average Bonchev–Trinajstić information content (AvgIpc) is 2.22. The number of nitrogens with one attached hydrogen (secondary N) is 1. The number of carbonyl (C=O) groups is 1. The van der Waals surface area contributed by atoms with Gasteiger partial charge in [0.15, 0.2) is 0 Å². The summed E-state index contributed by atoms with van der Waals surface area (Å²) in [6, 6.07) is 0.